The second-order valence-electron chi connectivity index (χ2n) is 7.91. The number of halogens is 2. The van der Waals surface area contributed by atoms with Gasteiger partial charge in [-0.3, -0.25) is 0 Å². The molecular formula is C24H20Br2N2O5S2. The third-order valence-electron chi connectivity index (χ3n) is 5.64. The first-order valence-electron chi connectivity index (χ1n) is 10.2. The summed E-state index contributed by atoms with van der Waals surface area (Å²) < 4.78 is 55.9. The van der Waals surface area contributed by atoms with Crippen molar-refractivity contribution in [2.75, 3.05) is 4.31 Å². The Balaban J connectivity index is 2.16. The minimum atomic E-state index is -4.45. The van der Waals surface area contributed by atoms with Crippen molar-refractivity contribution < 1.29 is 21.9 Å². The molecule has 4 rings (SSSR count). The van der Waals surface area contributed by atoms with Crippen LogP contribution in [0.5, 0.6) is 5.75 Å². The SMILES string of the molecule is Cc1c(Br)cccc1N(c1cccc(Br)c1C)S(=O)(=O)c1cc(S(N)(=O)=O)cc2ccc(O)cc12. The van der Waals surface area contributed by atoms with E-state index in [0.29, 0.717) is 36.8 Å². The molecule has 7 nitrogen and oxygen atoms in total. The van der Waals surface area contributed by atoms with Crippen LogP contribution in [-0.2, 0) is 20.0 Å². The summed E-state index contributed by atoms with van der Waals surface area (Å²) in [5.41, 5.74) is 2.06. The summed E-state index contributed by atoms with van der Waals surface area (Å²) in [6, 6.07) is 16.7. The molecule has 0 unspecified atom stereocenters. The van der Waals surface area contributed by atoms with Crippen LogP contribution in [0.3, 0.4) is 0 Å². The number of phenolic OH excluding ortho intramolecular Hbond substituents is 1. The van der Waals surface area contributed by atoms with Gasteiger partial charge in [-0.15, -0.1) is 0 Å². The van der Waals surface area contributed by atoms with Crippen molar-refractivity contribution >= 4 is 74.1 Å². The number of rotatable bonds is 5. The van der Waals surface area contributed by atoms with Gasteiger partial charge in [-0.05, 0) is 78.9 Å². The van der Waals surface area contributed by atoms with Crippen LogP contribution >= 0.6 is 31.9 Å². The van der Waals surface area contributed by atoms with Crippen LogP contribution in [0.25, 0.3) is 10.8 Å². The minimum absolute atomic E-state index is 0.155. The van der Waals surface area contributed by atoms with Crippen LogP contribution in [0.4, 0.5) is 11.4 Å². The molecule has 182 valence electrons. The number of aromatic hydroxyl groups is 1. The van der Waals surface area contributed by atoms with E-state index in [4.69, 9.17) is 5.14 Å². The number of hydrogen-bond acceptors (Lipinski definition) is 5. The summed E-state index contributed by atoms with van der Waals surface area (Å²) in [7, 11) is -8.68. The van der Waals surface area contributed by atoms with E-state index in [1.807, 2.05) is 0 Å². The molecule has 0 aliphatic rings. The van der Waals surface area contributed by atoms with Gasteiger partial charge >= 0.3 is 0 Å². The van der Waals surface area contributed by atoms with Crippen molar-refractivity contribution in [3.05, 3.63) is 86.8 Å². The van der Waals surface area contributed by atoms with Crippen LogP contribution in [-0.4, -0.2) is 21.9 Å². The lowest BCUT2D eigenvalue weighted by Gasteiger charge is -2.29. The van der Waals surface area contributed by atoms with Crippen molar-refractivity contribution in [1.29, 1.82) is 0 Å². The van der Waals surface area contributed by atoms with E-state index in [2.05, 4.69) is 31.9 Å². The predicted molar refractivity (Wildman–Crippen MR) is 144 cm³/mol. The maximum Gasteiger partial charge on any atom is 0.269 e. The van der Waals surface area contributed by atoms with Crippen LogP contribution in [0.1, 0.15) is 11.1 Å². The monoisotopic (exact) mass is 638 g/mol. The lowest BCUT2D eigenvalue weighted by Crippen LogP contribution is -2.28. The molecule has 0 heterocycles. The minimum Gasteiger partial charge on any atom is -0.508 e. The number of hydrogen-bond donors (Lipinski definition) is 2. The highest BCUT2D eigenvalue weighted by Crippen LogP contribution is 2.42. The van der Waals surface area contributed by atoms with E-state index in [-0.39, 0.29) is 20.9 Å². The highest BCUT2D eigenvalue weighted by atomic mass is 79.9. The molecule has 0 aliphatic carbocycles. The average molecular weight is 640 g/mol. The number of fused-ring (bicyclic) bond motifs is 1. The van der Waals surface area contributed by atoms with Crippen LogP contribution in [0.2, 0.25) is 0 Å². The van der Waals surface area contributed by atoms with E-state index in [0.717, 1.165) is 6.07 Å². The molecule has 0 radical (unpaired) electrons. The first-order valence-corrected chi connectivity index (χ1v) is 14.7. The van der Waals surface area contributed by atoms with E-state index >= 15 is 0 Å². The molecule has 4 aromatic carbocycles. The Morgan fingerprint density at radius 3 is 1.86 bits per heavy atom. The van der Waals surface area contributed by atoms with Crippen molar-refractivity contribution in [2.24, 2.45) is 5.14 Å². The summed E-state index contributed by atoms with van der Waals surface area (Å²) in [5, 5.41) is 15.9. The number of nitrogens with two attached hydrogens (primary N) is 1. The van der Waals surface area contributed by atoms with Gasteiger partial charge in [0.15, 0.2) is 0 Å². The highest BCUT2D eigenvalue weighted by Gasteiger charge is 2.32. The molecule has 11 heteroatoms. The Kier molecular flexibility index (Phi) is 6.75. The maximum atomic E-state index is 14.4. The first-order chi connectivity index (χ1) is 16.3. The Morgan fingerprint density at radius 2 is 1.34 bits per heavy atom. The van der Waals surface area contributed by atoms with Crippen LogP contribution < -0.4 is 9.44 Å². The zero-order valence-electron chi connectivity index (χ0n) is 18.5. The Morgan fingerprint density at radius 1 is 0.800 bits per heavy atom. The van der Waals surface area contributed by atoms with Crippen molar-refractivity contribution in [3.63, 3.8) is 0 Å². The van der Waals surface area contributed by atoms with Crippen molar-refractivity contribution in [2.45, 2.75) is 23.6 Å². The zero-order chi connectivity index (χ0) is 25.7. The summed E-state index contributed by atoms with van der Waals surface area (Å²) in [4.78, 5) is -0.667. The van der Waals surface area contributed by atoms with Gasteiger partial charge in [-0.25, -0.2) is 26.3 Å². The third kappa shape index (κ3) is 4.70. The molecular weight excluding hydrogens is 620 g/mol. The largest absolute Gasteiger partial charge is 0.508 e. The van der Waals surface area contributed by atoms with E-state index in [9.17, 15) is 21.9 Å². The summed E-state index contributed by atoms with van der Waals surface area (Å²) in [6.45, 7) is 3.56. The fraction of sp³-hybridized carbons (Fsp3) is 0.0833. The molecule has 0 aromatic heterocycles. The van der Waals surface area contributed by atoms with Gasteiger partial charge in [0.25, 0.3) is 10.0 Å². The molecule has 0 saturated carbocycles. The standard InChI is InChI=1S/C24H20Br2N2O5S2/c1-14-20(25)5-3-7-22(14)28(23-8-4-6-21(26)15(23)2)35(32,33)24-13-18(34(27,30)31)11-16-9-10-17(29)12-19(16)24/h3-13,29H,1-2H3,(H2,27,30,31). The van der Waals surface area contributed by atoms with Crippen molar-refractivity contribution in [1.82, 2.24) is 0 Å². The molecule has 0 atom stereocenters. The number of nitrogens with zero attached hydrogens (tertiary/aromatic N) is 1. The Hall–Kier alpha value is -2.44. The maximum absolute atomic E-state index is 14.4. The lowest BCUT2D eigenvalue weighted by atomic mass is 10.1. The zero-order valence-corrected chi connectivity index (χ0v) is 23.3. The van der Waals surface area contributed by atoms with E-state index in [1.54, 1.807) is 50.2 Å². The molecule has 0 aliphatic heterocycles. The molecule has 0 fully saturated rings. The fourth-order valence-corrected chi connectivity index (χ4v) is 6.98. The molecule has 4 aromatic rings. The quantitative estimate of drug-likeness (QED) is 0.284. The Labute approximate surface area is 220 Å². The molecule has 0 saturated heterocycles. The fourth-order valence-electron chi connectivity index (χ4n) is 3.78. The second kappa shape index (κ2) is 9.21. The number of sulfonamides is 2. The third-order valence-corrected chi connectivity index (χ3v) is 10.0. The number of benzene rings is 4. The van der Waals surface area contributed by atoms with Gasteiger partial charge < -0.3 is 5.11 Å². The first kappa shape index (κ1) is 25.6. The van der Waals surface area contributed by atoms with Gasteiger partial charge in [0.1, 0.15) is 5.75 Å². The summed E-state index contributed by atoms with van der Waals surface area (Å²) in [6.07, 6.45) is 0. The highest BCUT2D eigenvalue weighted by molar-refractivity contribution is 9.10. The number of primary sulfonamides is 1. The van der Waals surface area contributed by atoms with Crippen LogP contribution in [0.15, 0.2) is 85.5 Å². The number of phenols is 1. The smallest absolute Gasteiger partial charge is 0.269 e. The molecule has 0 bridgehead atoms. The summed E-state index contributed by atoms with van der Waals surface area (Å²) >= 11 is 6.94. The van der Waals surface area contributed by atoms with Gasteiger partial charge in [-0.1, -0.05) is 50.1 Å². The summed E-state index contributed by atoms with van der Waals surface area (Å²) in [5.74, 6) is -0.166. The topological polar surface area (TPSA) is 118 Å². The normalized spacial score (nSPS) is 12.1. The van der Waals surface area contributed by atoms with E-state index < -0.39 is 20.0 Å². The lowest BCUT2D eigenvalue weighted by molar-refractivity contribution is 0.476. The van der Waals surface area contributed by atoms with Crippen LogP contribution in [0, 0.1) is 13.8 Å². The van der Waals surface area contributed by atoms with Gasteiger partial charge in [0.2, 0.25) is 10.0 Å². The van der Waals surface area contributed by atoms with Gasteiger partial charge in [0, 0.05) is 14.3 Å². The number of anilines is 2. The van der Waals surface area contributed by atoms with Gasteiger partial charge in [-0.2, -0.15) is 0 Å². The second-order valence-corrected chi connectivity index (χ2v) is 12.9. The Bertz CT molecular complexity index is 1650. The molecule has 35 heavy (non-hydrogen) atoms. The van der Waals surface area contributed by atoms with Gasteiger partial charge in [0.05, 0.1) is 21.2 Å². The predicted octanol–water partition coefficient (Wildman–Crippen LogP) is 5.86. The molecule has 0 amide bonds. The molecule has 0 spiro atoms. The average Bonchev–Trinajstić information content (AvgIpc) is 2.78. The van der Waals surface area contributed by atoms with Crippen molar-refractivity contribution in [3.8, 4) is 5.75 Å². The van der Waals surface area contributed by atoms with E-state index in [1.165, 1.54) is 28.6 Å². The molecule has 3 N–H and O–H groups in total.